The average Bonchev–Trinajstić information content (AvgIpc) is 2.47. The van der Waals surface area contributed by atoms with Gasteiger partial charge in [-0.2, -0.15) is 0 Å². The molecule has 0 fully saturated rings. The summed E-state index contributed by atoms with van der Waals surface area (Å²) in [5.74, 6) is -0.245. The van der Waals surface area contributed by atoms with Gasteiger partial charge in [-0.05, 0) is 24.1 Å². The van der Waals surface area contributed by atoms with Gasteiger partial charge in [0.05, 0.1) is 0 Å². The van der Waals surface area contributed by atoms with Crippen molar-refractivity contribution in [2.24, 2.45) is 0 Å². The Bertz CT molecular complexity index is 513. The standard InChI is InChI=1S/C16H17FO2/c1-2-14(16(18)12-8-4-3-5-9-12)19-15-11-7-6-10-13(15)17/h3-11,14,16,18H,2H2,1H3. The van der Waals surface area contributed by atoms with Crippen molar-refractivity contribution in [2.45, 2.75) is 25.6 Å². The Morgan fingerprint density at radius 3 is 2.32 bits per heavy atom. The molecular formula is C16H17FO2. The van der Waals surface area contributed by atoms with Crippen LogP contribution in [0, 0.1) is 5.82 Å². The van der Waals surface area contributed by atoms with Crippen LogP contribution < -0.4 is 4.74 Å². The molecule has 0 aromatic heterocycles. The zero-order chi connectivity index (χ0) is 13.7. The summed E-state index contributed by atoms with van der Waals surface area (Å²) in [7, 11) is 0. The van der Waals surface area contributed by atoms with Gasteiger partial charge in [0.25, 0.3) is 0 Å². The van der Waals surface area contributed by atoms with Gasteiger partial charge >= 0.3 is 0 Å². The minimum absolute atomic E-state index is 0.171. The molecule has 2 rings (SSSR count). The van der Waals surface area contributed by atoms with Crippen molar-refractivity contribution >= 4 is 0 Å². The second-order valence-electron chi connectivity index (χ2n) is 4.35. The summed E-state index contributed by atoms with van der Waals surface area (Å²) < 4.78 is 19.1. The van der Waals surface area contributed by atoms with Crippen molar-refractivity contribution in [1.82, 2.24) is 0 Å². The van der Waals surface area contributed by atoms with Crippen LogP contribution in [0.3, 0.4) is 0 Å². The van der Waals surface area contributed by atoms with Gasteiger partial charge in [0.15, 0.2) is 11.6 Å². The fourth-order valence-corrected chi connectivity index (χ4v) is 1.94. The van der Waals surface area contributed by atoms with Gasteiger partial charge in [0, 0.05) is 0 Å². The fraction of sp³-hybridized carbons (Fsp3) is 0.250. The molecule has 0 aliphatic rings. The predicted molar refractivity (Wildman–Crippen MR) is 72.5 cm³/mol. The highest BCUT2D eigenvalue weighted by atomic mass is 19.1. The van der Waals surface area contributed by atoms with Crippen molar-refractivity contribution in [2.75, 3.05) is 0 Å². The molecule has 0 saturated carbocycles. The number of ether oxygens (including phenoxy) is 1. The third kappa shape index (κ3) is 3.32. The molecule has 2 atom stereocenters. The van der Waals surface area contributed by atoms with Gasteiger partial charge in [0.1, 0.15) is 12.2 Å². The summed E-state index contributed by atoms with van der Waals surface area (Å²) in [6, 6.07) is 15.5. The van der Waals surface area contributed by atoms with Crippen LogP contribution >= 0.6 is 0 Å². The first-order chi connectivity index (χ1) is 9.22. The van der Waals surface area contributed by atoms with E-state index in [1.165, 1.54) is 6.07 Å². The van der Waals surface area contributed by atoms with Gasteiger partial charge in [-0.15, -0.1) is 0 Å². The van der Waals surface area contributed by atoms with E-state index in [1.807, 2.05) is 37.3 Å². The van der Waals surface area contributed by atoms with Crippen LogP contribution in [0.4, 0.5) is 4.39 Å². The van der Waals surface area contributed by atoms with Gasteiger partial charge in [-0.1, -0.05) is 49.4 Å². The Hall–Kier alpha value is -1.87. The molecule has 2 unspecified atom stereocenters. The number of hydrogen-bond acceptors (Lipinski definition) is 2. The zero-order valence-corrected chi connectivity index (χ0v) is 10.8. The lowest BCUT2D eigenvalue weighted by atomic mass is 10.0. The molecule has 0 saturated heterocycles. The zero-order valence-electron chi connectivity index (χ0n) is 10.8. The molecule has 2 aromatic rings. The second kappa shape index (κ2) is 6.34. The molecule has 0 spiro atoms. The number of rotatable bonds is 5. The highest BCUT2D eigenvalue weighted by molar-refractivity contribution is 5.25. The SMILES string of the molecule is CCC(Oc1ccccc1F)C(O)c1ccccc1. The van der Waals surface area contributed by atoms with Crippen LogP contribution in [0.25, 0.3) is 0 Å². The highest BCUT2D eigenvalue weighted by Crippen LogP contribution is 2.25. The number of hydrogen-bond donors (Lipinski definition) is 1. The van der Waals surface area contributed by atoms with E-state index in [0.29, 0.717) is 6.42 Å². The third-order valence-electron chi connectivity index (χ3n) is 3.01. The molecule has 0 radical (unpaired) electrons. The lowest BCUT2D eigenvalue weighted by Gasteiger charge is -2.23. The first kappa shape index (κ1) is 13.6. The van der Waals surface area contributed by atoms with Crippen LogP contribution in [-0.4, -0.2) is 11.2 Å². The molecule has 1 N–H and O–H groups in total. The third-order valence-corrected chi connectivity index (χ3v) is 3.01. The van der Waals surface area contributed by atoms with Crippen molar-refractivity contribution in [3.8, 4) is 5.75 Å². The monoisotopic (exact) mass is 260 g/mol. The van der Waals surface area contributed by atoms with Crippen LogP contribution in [0.2, 0.25) is 0 Å². The smallest absolute Gasteiger partial charge is 0.165 e. The molecule has 100 valence electrons. The summed E-state index contributed by atoms with van der Waals surface area (Å²) in [5, 5.41) is 10.3. The Labute approximate surface area is 112 Å². The molecule has 0 amide bonds. The quantitative estimate of drug-likeness (QED) is 0.887. The number of aliphatic hydroxyl groups excluding tert-OH is 1. The maximum absolute atomic E-state index is 13.5. The van der Waals surface area contributed by atoms with E-state index in [-0.39, 0.29) is 5.75 Å². The summed E-state index contributed by atoms with van der Waals surface area (Å²) in [6.45, 7) is 1.90. The lowest BCUT2D eigenvalue weighted by molar-refractivity contribution is 0.0309. The first-order valence-corrected chi connectivity index (χ1v) is 6.36. The summed E-state index contributed by atoms with van der Waals surface area (Å²) in [6.07, 6.45) is -0.658. The normalized spacial score (nSPS) is 13.8. The maximum Gasteiger partial charge on any atom is 0.165 e. The molecule has 0 heterocycles. The van der Waals surface area contributed by atoms with Crippen molar-refractivity contribution in [3.63, 3.8) is 0 Å². The Morgan fingerprint density at radius 2 is 1.68 bits per heavy atom. The van der Waals surface area contributed by atoms with Crippen LogP contribution in [-0.2, 0) is 0 Å². The number of benzene rings is 2. The fourth-order valence-electron chi connectivity index (χ4n) is 1.94. The Balaban J connectivity index is 2.15. The largest absolute Gasteiger partial charge is 0.484 e. The number of para-hydroxylation sites is 1. The summed E-state index contributed by atoms with van der Waals surface area (Å²) >= 11 is 0. The molecule has 0 aliphatic carbocycles. The summed E-state index contributed by atoms with van der Waals surface area (Å²) in [4.78, 5) is 0. The van der Waals surface area contributed by atoms with Crippen LogP contribution in [0.1, 0.15) is 25.0 Å². The second-order valence-corrected chi connectivity index (χ2v) is 4.35. The Morgan fingerprint density at radius 1 is 1.05 bits per heavy atom. The maximum atomic E-state index is 13.5. The van der Waals surface area contributed by atoms with E-state index < -0.39 is 18.0 Å². The molecule has 2 nitrogen and oxygen atoms in total. The summed E-state index contributed by atoms with van der Waals surface area (Å²) in [5.41, 5.74) is 0.769. The molecule has 0 bridgehead atoms. The molecule has 2 aromatic carbocycles. The van der Waals surface area contributed by atoms with E-state index >= 15 is 0 Å². The van der Waals surface area contributed by atoms with Crippen molar-refractivity contribution < 1.29 is 14.2 Å². The van der Waals surface area contributed by atoms with Crippen LogP contribution in [0.5, 0.6) is 5.75 Å². The topological polar surface area (TPSA) is 29.5 Å². The van der Waals surface area contributed by atoms with Gasteiger partial charge in [-0.3, -0.25) is 0 Å². The van der Waals surface area contributed by atoms with Gasteiger partial charge < -0.3 is 9.84 Å². The first-order valence-electron chi connectivity index (χ1n) is 6.36. The van der Waals surface area contributed by atoms with Gasteiger partial charge in [-0.25, -0.2) is 4.39 Å². The molecule has 3 heteroatoms. The van der Waals surface area contributed by atoms with E-state index in [9.17, 15) is 9.50 Å². The van der Waals surface area contributed by atoms with E-state index in [1.54, 1.807) is 18.2 Å². The van der Waals surface area contributed by atoms with Crippen molar-refractivity contribution in [1.29, 1.82) is 0 Å². The molecular weight excluding hydrogens is 243 g/mol. The minimum Gasteiger partial charge on any atom is -0.484 e. The highest BCUT2D eigenvalue weighted by Gasteiger charge is 2.21. The lowest BCUT2D eigenvalue weighted by Crippen LogP contribution is -2.24. The number of halogens is 1. The van der Waals surface area contributed by atoms with Gasteiger partial charge in [0.2, 0.25) is 0 Å². The van der Waals surface area contributed by atoms with Crippen molar-refractivity contribution in [3.05, 3.63) is 66.0 Å². The minimum atomic E-state index is -0.772. The number of aliphatic hydroxyl groups is 1. The van der Waals surface area contributed by atoms with E-state index in [0.717, 1.165) is 5.56 Å². The average molecular weight is 260 g/mol. The molecule has 19 heavy (non-hydrogen) atoms. The van der Waals surface area contributed by atoms with E-state index in [2.05, 4.69) is 0 Å². The molecule has 0 aliphatic heterocycles. The van der Waals surface area contributed by atoms with Crippen LogP contribution in [0.15, 0.2) is 54.6 Å². The predicted octanol–water partition coefficient (Wildman–Crippen LogP) is 3.72. The van der Waals surface area contributed by atoms with E-state index in [4.69, 9.17) is 4.74 Å². The Kier molecular flexibility index (Phi) is 4.53.